The van der Waals surface area contributed by atoms with E-state index in [1.807, 2.05) is 63.2 Å². The summed E-state index contributed by atoms with van der Waals surface area (Å²) < 4.78 is 26.2. The number of fused-ring (bicyclic) bond motifs is 2. The molecule has 2 saturated heterocycles. The molecule has 0 unspecified atom stereocenters. The van der Waals surface area contributed by atoms with Crippen molar-refractivity contribution in [2.24, 2.45) is 11.8 Å². The predicted molar refractivity (Wildman–Crippen MR) is 332 cm³/mol. The van der Waals surface area contributed by atoms with Gasteiger partial charge in [-0.2, -0.15) is 10.2 Å². The Bertz CT molecular complexity index is 3670. The molecule has 0 radical (unpaired) electrons. The first-order valence-electron chi connectivity index (χ1n) is 29.6. The Hall–Kier alpha value is -7.14. The Morgan fingerprint density at radius 3 is 2.33 bits per heavy atom. The van der Waals surface area contributed by atoms with Gasteiger partial charge in [0.1, 0.15) is 30.6 Å². The van der Waals surface area contributed by atoms with E-state index in [1.54, 1.807) is 61.7 Å². The maximum Gasteiger partial charge on any atom is 0.411 e. The van der Waals surface area contributed by atoms with Gasteiger partial charge in [0.15, 0.2) is 5.82 Å². The number of halogens is 1. The van der Waals surface area contributed by atoms with Crippen molar-refractivity contribution < 1.29 is 33.7 Å². The number of nitrogens with one attached hydrogen (secondary N) is 1. The number of piperidine rings is 1. The number of rotatable bonds is 23. The van der Waals surface area contributed by atoms with Gasteiger partial charge < -0.3 is 39.1 Å². The minimum Gasteiger partial charge on any atom is -0.508 e. The van der Waals surface area contributed by atoms with E-state index in [9.17, 15) is 34.2 Å². The number of benzene rings is 4. The molecule has 3 amide bonds. The SMILES string of the molecule is CC(C)c1cc(-c2n[nH]c(=O)n2-c2ccc3c(ccn3CCC3CCN(CCC(C)(C)SSCCOC(=O)N(CCN(C)C)Cn4nc(Cc5ccc(F)c(C(=O)N6CCN(C(=O)C7CC7)CC6)c5)c5ccccc5c4=O)CC3)c2)c(O)cc1O. The molecule has 22 heteroatoms. The fourth-order valence-corrected chi connectivity index (χ4v) is 13.8. The highest BCUT2D eigenvalue weighted by Crippen LogP contribution is 2.40. The molecule has 2 aliphatic heterocycles. The van der Waals surface area contributed by atoms with Crippen LogP contribution in [0.3, 0.4) is 0 Å². The van der Waals surface area contributed by atoms with Crippen LogP contribution in [-0.2, 0) is 29.2 Å². The Kier molecular flexibility index (Phi) is 19.1. The maximum absolute atomic E-state index is 15.4. The molecule has 0 spiro atoms. The summed E-state index contributed by atoms with van der Waals surface area (Å²) >= 11 is 0. The fraction of sp³-hybridized carbons (Fsp3) is 0.476. The zero-order valence-corrected chi connectivity index (χ0v) is 51.1. The van der Waals surface area contributed by atoms with Crippen molar-refractivity contribution in [3.05, 3.63) is 134 Å². The number of phenolic OH excluding ortho intramolecular Hbond substituents is 2. The largest absolute Gasteiger partial charge is 0.508 e. The molecule has 0 bridgehead atoms. The average Bonchev–Trinajstić information content (AvgIpc) is 2.43. The van der Waals surface area contributed by atoms with Crippen molar-refractivity contribution in [3.63, 3.8) is 0 Å². The first kappa shape index (κ1) is 61.0. The average molecular weight is 1200 g/mol. The first-order chi connectivity index (χ1) is 40.8. The molecule has 10 rings (SSSR count). The molecule has 3 aromatic heterocycles. The van der Waals surface area contributed by atoms with E-state index in [-0.39, 0.29) is 77.2 Å². The van der Waals surface area contributed by atoms with Crippen LogP contribution in [-0.4, -0.2) is 172 Å². The molecule has 452 valence electrons. The molecule has 3 N–H and O–H groups in total. The van der Waals surface area contributed by atoms with Crippen molar-refractivity contribution in [1.29, 1.82) is 0 Å². The molecule has 3 fully saturated rings. The van der Waals surface area contributed by atoms with Crippen LogP contribution in [0.25, 0.3) is 38.8 Å². The third-order valence-electron chi connectivity index (χ3n) is 16.6. The van der Waals surface area contributed by atoms with Crippen LogP contribution in [0, 0.1) is 17.7 Å². The molecule has 19 nitrogen and oxygen atoms in total. The van der Waals surface area contributed by atoms with Gasteiger partial charge in [-0.1, -0.05) is 59.7 Å². The molecule has 1 saturated carbocycles. The topological polar surface area (TPSA) is 208 Å². The van der Waals surface area contributed by atoms with Crippen LogP contribution in [0.1, 0.15) is 99.3 Å². The highest BCUT2D eigenvalue weighted by atomic mass is 33.1. The van der Waals surface area contributed by atoms with Gasteiger partial charge in [0.25, 0.3) is 11.5 Å². The second kappa shape index (κ2) is 26.6. The number of ether oxygens (including phenoxy) is 1. The maximum atomic E-state index is 15.4. The Balaban J connectivity index is 0.677. The number of carbonyl (C=O) groups excluding carboxylic acids is 3. The van der Waals surface area contributed by atoms with Gasteiger partial charge in [-0.05, 0) is 158 Å². The zero-order valence-electron chi connectivity index (χ0n) is 49.5. The van der Waals surface area contributed by atoms with Crippen LogP contribution in [0.5, 0.6) is 11.5 Å². The van der Waals surface area contributed by atoms with E-state index in [0.29, 0.717) is 83.2 Å². The number of aromatic amines is 1. The number of H-pyrrole nitrogens is 1. The number of likely N-dealkylation sites (tertiary alicyclic amines) is 1. The molecular weight excluding hydrogens is 1120 g/mol. The summed E-state index contributed by atoms with van der Waals surface area (Å²) in [5, 5.41) is 34.8. The third kappa shape index (κ3) is 14.6. The second-order valence-corrected chi connectivity index (χ2v) is 27.1. The number of aryl methyl sites for hydroxylation is 1. The monoisotopic (exact) mass is 1200 g/mol. The number of phenols is 2. The lowest BCUT2D eigenvalue weighted by Gasteiger charge is -2.35. The molecule has 7 aromatic rings. The Labute approximate surface area is 502 Å². The number of amides is 3. The van der Waals surface area contributed by atoms with Crippen molar-refractivity contribution in [1.82, 2.24) is 53.6 Å². The number of aromatic nitrogens is 6. The number of hydrogen-bond donors (Lipinski definition) is 3. The normalized spacial score (nSPS) is 15.4. The lowest BCUT2D eigenvalue weighted by molar-refractivity contribution is -0.134. The summed E-state index contributed by atoms with van der Waals surface area (Å²) in [4.78, 5) is 76.7. The summed E-state index contributed by atoms with van der Waals surface area (Å²) in [6, 6.07) is 22.5. The van der Waals surface area contributed by atoms with Crippen LogP contribution in [0.4, 0.5) is 9.18 Å². The highest BCUT2D eigenvalue weighted by molar-refractivity contribution is 8.77. The number of aromatic hydroxyl groups is 2. The van der Waals surface area contributed by atoms with Gasteiger partial charge in [-0.15, -0.1) is 0 Å². The van der Waals surface area contributed by atoms with E-state index in [1.165, 1.54) is 26.3 Å². The van der Waals surface area contributed by atoms with E-state index >= 15 is 4.39 Å². The Morgan fingerprint density at radius 2 is 1.60 bits per heavy atom. The molecule has 85 heavy (non-hydrogen) atoms. The standard InChI is InChI=1S/C63H78FN11O8S2/c1-41(2)49-38-51(56(77)39-55(49)76)57-65-66-61(81)75(57)46-14-16-54-45(37-46)20-25-70(54)24-19-42-17-22-69(23-18-42)26-21-63(3,4)85-84-34-33-83-62(82)73(28-27-68(5)6)40-74-60(80)48-10-8-7-9-47(48)53(67-74)36-43-11-15-52(64)50(35-43)59(79)72-31-29-71(30-32-72)58(78)44-12-13-44/h7-11,14-16,20,25,35,37-39,41-42,44,76-77H,12-13,17-19,21-24,26-34,36,40H2,1-6H3,(H,66,81). The highest BCUT2D eigenvalue weighted by Gasteiger charge is 2.36. The van der Waals surface area contributed by atoms with E-state index < -0.39 is 23.5 Å². The minimum atomic E-state index is -0.635. The molecule has 4 aromatic carbocycles. The number of nitrogens with zero attached hydrogens (tertiary/aromatic N) is 10. The van der Waals surface area contributed by atoms with Gasteiger partial charge in [0.05, 0.1) is 27.9 Å². The van der Waals surface area contributed by atoms with Crippen LogP contribution in [0.15, 0.2) is 94.6 Å². The summed E-state index contributed by atoms with van der Waals surface area (Å²) in [5.74, 6) is 0.439. The summed E-state index contributed by atoms with van der Waals surface area (Å²) in [5.41, 5.74) is 3.01. The van der Waals surface area contributed by atoms with Gasteiger partial charge in [0, 0.05) is 97.2 Å². The number of piperazine rings is 1. The molecule has 1 aliphatic carbocycles. The predicted octanol–water partition coefficient (Wildman–Crippen LogP) is 9.16. The summed E-state index contributed by atoms with van der Waals surface area (Å²) in [7, 11) is 7.30. The zero-order chi connectivity index (χ0) is 60.1. The van der Waals surface area contributed by atoms with Gasteiger partial charge in [-0.3, -0.25) is 19.3 Å². The van der Waals surface area contributed by atoms with E-state index in [2.05, 4.69) is 45.8 Å². The van der Waals surface area contributed by atoms with Gasteiger partial charge in [-0.25, -0.2) is 28.3 Å². The molecule has 3 aliphatic rings. The van der Waals surface area contributed by atoms with Crippen molar-refractivity contribution >= 4 is 61.2 Å². The smallest absolute Gasteiger partial charge is 0.411 e. The molecule has 0 atom stereocenters. The van der Waals surface area contributed by atoms with Gasteiger partial charge in [0.2, 0.25) is 5.91 Å². The lowest BCUT2D eigenvalue weighted by atomic mass is 9.93. The lowest BCUT2D eigenvalue weighted by Crippen LogP contribution is -2.51. The quantitative estimate of drug-likeness (QED) is 0.0403. The number of likely N-dealkylation sites (N-methyl/N-ethyl adjacent to an activating group) is 1. The summed E-state index contributed by atoms with van der Waals surface area (Å²) in [6.07, 6.45) is 7.90. The van der Waals surface area contributed by atoms with Crippen LogP contribution in [0.2, 0.25) is 0 Å². The van der Waals surface area contributed by atoms with Gasteiger partial charge >= 0.3 is 11.8 Å². The van der Waals surface area contributed by atoms with Crippen LogP contribution < -0.4 is 11.2 Å². The molecular formula is C63H78FN11O8S2. The van der Waals surface area contributed by atoms with Crippen molar-refractivity contribution in [2.75, 3.05) is 85.4 Å². The fourth-order valence-electron chi connectivity index (χ4n) is 11.4. The first-order valence-corrected chi connectivity index (χ1v) is 31.9. The number of carbonyl (C=O) groups is 3. The van der Waals surface area contributed by atoms with Crippen LogP contribution >= 0.6 is 21.6 Å². The number of hydrogen-bond acceptors (Lipinski definition) is 14. The van der Waals surface area contributed by atoms with E-state index in [0.717, 1.165) is 75.6 Å². The van der Waals surface area contributed by atoms with E-state index in [4.69, 9.17) is 9.84 Å². The van der Waals surface area contributed by atoms with Crippen molar-refractivity contribution in [3.8, 4) is 28.6 Å². The summed E-state index contributed by atoms with van der Waals surface area (Å²) in [6.45, 7) is 14.7. The second-order valence-electron chi connectivity index (χ2n) is 24.0. The third-order valence-corrected chi connectivity index (χ3v) is 20.0. The molecule has 5 heterocycles. The minimum absolute atomic E-state index is 0.00831. The van der Waals surface area contributed by atoms with Crippen molar-refractivity contribution in [2.45, 2.75) is 96.5 Å². The Morgan fingerprint density at radius 1 is 0.859 bits per heavy atom.